The van der Waals surface area contributed by atoms with Gasteiger partial charge in [0.1, 0.15) is 17.5 Å². The number of thioether (sulfide) groups is 1. The second-order valence-electron chi connectivity index (χ2n) is 6.87. The lowest BCUT2D eigenvalue weighted by Gasteiger charge is -2.43. The molecule has 1 aromatic rings. The van der Waals surface area contributed by atoms with Gasteiger partial charge in [-0.3, -0.25) is 9.59 Å². The van der Waals surface area contributed by atoms with Crippen molar-refractivity contribution in [2.24, 2.45) is 0 Å². The van der Waals surface area contributed by atoms with Gasteiger partial charge in [0.05, 0.1) is 10.0 Å². The summed E-state index contributed by atoms with van der Waals surface area (Å²) < 4.78 is 4.61. The fourth-order valence-electron chi connectivity index (χ4n) is 3.44. The highest BCUT2D eigenvalue weighted by molar-refractivity contribution is 8.01. The summed E-state index contributed by atoms with van der Waals surface area (Å²) in [7, 11) is 1.37. The molecule has 27 heavy (non-hydrogen) atoms. The third kappa shape index (κ3) is 3.40. The normalized spacial score (nSPS) is 26.9. The number of benzene rings is 1. The molecule has 0 radical (unpaired) electrons. The second-order valence-corrected chi connectivity index (χ2v) is 9.46. The van der Waals surface area contributed by atoms with Gasteiger partial charge in [-0.2, -0.15) is 0 Å². The molecule has 0 spiro atoms. The van der Waals surface area contributed by atoms with Crippen molar-refractivity contribution >= 4 is 52.7 Å². The molecule has 2 fully saturated rings. The highest BCUT2D eigenvalue weighted by atomic mass is 35.5. The van der Waals surface area contributed by atoms with Crippen molar-refractivity contribution in [3.63, 3.8) is 0 Å². The Morgan fingerprint density at radius 3 is 2.56 bits per heavy atom. The van der Waals surface area contributed by atoms with E-state index in [2.05, 4.69) is 5.32 Å². The van der Waals surface area contributed by atoms with E-state index in [0.717, 1.165) is 0 Å². The average molecular weight is 433 g/mol. The molecular weight excluding hydrogens is 415 g/mol. The molecule has 0 aliphatic carbocycles. The van der Waals surface area contributed by atoms with Crippen LogP contribution in [0.15, 0.2) is 18.2 Å². The first-order valence-corrected chi connectivity index (χ1v) is 9.73. The Bertz CT molecular complexity index is 819. The van der Waals surface area contributed by atoms with Crippen LogP contribution in [0.25, 0.3) is 0 Å². The number of hydrogen-bond donors (Lipinski definition) is 2. The van der Waals surface area contributed by atoms with Crippen LogP contribution >= 0.6 is 35.0 Å². The molecule has 2 aliphatic heterocycles. The van der Waals surface area contributed by atoms with E-state index in [9.17, 15) is 19.5 Å². The zero-order valence-corrected chi connectivity index (χ0v) is 17.1. The fraction of sp³-hybridized carbons (Fsp3) is 0.471. The van der Waals surface area contributed by atoms with E-state index in [-0.39, 0.29) is 5.02 Å². The molecule has 2 heterocycles. The SMILES string of the molecule is CO[C@@H](C(=O)N[C@@H]1C(=O)N2[C@@H]1SC(C)(C)[C@@H]2C(=O)O)c1ccc(Cl)c(Cl)c1. The molecule has 0 bridgehead atoms. The fourth-order valence-corrected chi connectivity index (χ4v) is 5.38. The van der Waals surface area contributed by atoms with Gasteiger partial charge in [-0.15, -0.1) is 11.8 Å². The highest BCUT2D eigenvalue weighted by Crippen LogP contribution is 2.50. The monoisotopic (exact) mass is 432 g/mol. The largest absolute Gasteiger partial charge is 0.480 e. The van der Waals surface area contributed by atoms with Crippen LogP contribution in [0.3, 0.4) is 0 Å². The Hall–Kier alpha value is -1.48. The number of nitrogens with zero attached hydrogens (tertiary/aromatic N) is 1. The number of aliphatic carboxylic acids is 1. The lowest BCUT2D eigenvalue weighted by atomic mass is 9.96. The summed E-state index contributed by atoms with van der Waals surface area (Å²) in [6.45, 7) is 3.54. The molecule has 0 saturated carbocycles. The molecule has 2 N–H and O–H groups in total. The average Bonchev–Trinajstić information content (AvgIpc) is 2.84. The molecule has 2 saturated heterocycles. The summed E-state index contributed by atoms with van der Waals surface area (Å²) in [5, 5.41) is 12.3. The molecule has 0 unspecified atom stereocenters. The summed E-state index contributed by atoms with van der Waals surface area (Å²) in [4.78, 5) is 38.0. The molecular formula is C17H18Cl2N2O5S. The maximum absolute atomic E-state index is 12.7. The number of β-lactam (4-membered cyclic amide) rings is 1. The smallest absolute Gasteiger partial charge is 0.327 e. The van der Waals surface area contributed by atoms with Crippen LogP contribution in [-0.4, -0.2) is 57.1 Å². The Labute approximate surface area is 170 Å². The molecule has 0 aromatic heterocycles. The molecule has 7 nitrogen and oxygen atoms in total. The van der Waals surface area contributed by atoms with Crippen molar-refractivity contribution in [1.82, 2.24) is 10.2 Å². The number of halogens is 2. The molecule has 10 heteroatoms. The molecule has 2 amide bonds. The summed E-state index contributed by atoms with van der Waals surface area (Å²) in [6.07, 6.45) is -0.976. The van der Waals surface area contributed by atoms with Crippen LogP contribution in [0.1, 0.15) is 25.5 Å². The van der Waals surface area contributed by atoms with Crippen molar-refractivity contribution in [3.05, 3.63) is 33.8 Å². The van der Waals surface area contributed by atoms with Gasteiger partial charge < -0.3 is 20.1 Å². The van der Waals surface area contributed by atoms with Gasteiger partial charge in [-0.1, -0.05) is 29.3 Å². The number of hydrogen-bond acceptors (Lipinski definition) is 5. The van der Waals surface area contributed by atoms with Crippen molar-refractivity contribution in [1.29, 1.82) is 0 Å². The van der Waals surface area contributed by atoms with Crippen molar-refractivity contribution in [3.8, 4) is 0 Å². The number of ether oxygens (including phenoxy) is 1. The van der Waals surface area contributed by atoms with Gasteiger partial charge in [0.15, 0.2) is 6.10 Å². The topological polar surface area (TPSA) is 95.9 Å². The number of methoxy groups -OCH3 is 1. The summed E-state index contributed by atoms with van der Waals surface area (Å²) in [5.41, 5.74) is 0.496. The van der Waals surface area contributed by atoms with E-state index < -0.39 is 46.1 Å². The minimum atomic E-state index is -1.06. The van der Waals surface area contributed by atoms with Crippen LogP contribution in [0.2, 0.25) is 10.0 Å². The third-order valence-electron chi connectivity index (χ3n) is 4.69. The number of amides is 2. The van der Waals surface area contributed by atoms with E-state index in [4.69, 9.17) is 27.9 Å². The lowest BCUT2D eigenvalue weighted by Crippen LogP contribution is -2.70. The predicted octanol–water partition coefficient (Wildman–Crippen LogP) is 2.31. The zero-order chi connectivity index (χ0) is 20.1. The Balaban J connectivity index is 1.75. The van der Waals surface area contributed by atoms with Gasteiger partial charge in [0.25, 0.3) is 5.91 Å². The van der Waals surface area contributed by atoms with Crippen LogP contribution in [0.4, 0.5) is 0 Å². The minimum absolute atomic E-state index is 0.285. The van der Waals surface area contributed by atoms with E-state index in [1.54, 1.807) is 26.0 Å². The minimum Gasteiger partial charge on any atom is -0.480 e. The van der Waals surface area contributed by atoms with Gasteiger partial charge in [-0.25, -0.2) is 4.79 Å². The number of carbonyl (C=O) groups is 3. The molecule has 146 valence electrons. The van der Waals surface area contributed by atoms with Gasteiger partial charge in [-0.05, 0) is 31.5 Å². The maximum Gasteiger partial charge on any atom is 0.327 e. The molecule has 2 aliphatic rings. The number of fused-ring (bicyclic) bond motifs is 1. The predicted molar refractivity (Wildman–Crippen MR) is 102 cm³/mol. The zero-order valence-electron chi connectivity index (χ0n) is 14.7. The Kier molecular flexibility index (Phi) is 5.37. The Morgan fingerprint density at radius 1 is 1.33 bits per heavy atom. The van der Waals surface area contributed by atoms with Crippen LogP contribution in [0.5, 0.6) is 0 Å². The van der Waals surface area contributed by atoms with Crippen molar-refractivity contribution < 1.29 is 24.2 Å². The van der Waals surface area contributed by atoms with Crippen molar-refractivity contribution in [2.45, 2.75) is 42.2 Å². The first kappa shape index (κ1) is 20.3. The van der Waals surface area contributed by atoms with Gasteiger partial charge in [0, 0.05) is 11.9 Å². The first-order chi connectivity index (χ1) is 12.6. The van der Waals surface area contributed by atoms with Gasteiger partial charge >= 0.3 is 5.97 Å². The standard InChI is InChI=1S/C17H18Cl2N2O5S/c1-17(2)12(16(24)25)21-14(23)10(15(21)27-17)20-13(22)11(26-3)7-4-5-8(18)9(19)6-7/h4-6,10-12,15H,1-3H3,(H,20,22)(H,24,25)/t10-,11-,12+,15-/m1/s1. The molecule has 4 atom stereocenters. The highest BCUT2D eigenvalue weighted by Gasteiger charge is 2.64. The summed E-state index contributed by atoms with van der Waals surface area (Å²) >= 11 is 13.3. The van der Waals surface area contributed by atoms with E-state index in [1.807, 2.05) is 0 Å². The molecule has 1 aromatic carbocycles. The molecule has 3 rings (SSSR count). The van der Waals surface area contributed by atoms with Gasteiger partial charge in [0.2, 0.25) is 5.91 Å². The lowest BCUT2D eigenvalue weighted by molar-refractivity contribution is -0.161. The summed E-state index contributed by atoms with van der Waals surface area (Å²) in [5.74, 6) is -1.98. The van der Waals surface area contributed by atoms with Crippen LogP contribution in [-0.2, 0) is 19.1 Å². The first-order valence-electron chi connectivity index (χ1n) is 8.09. The van der Waals surface area contributed by atoms with E-state index in [1.165, 1.54) is 29.8 Å². The quantitative estimate of drug-likeness (QED) is 0.692. The van der Waals surface area contributed by atoms with E-state index >= 15 is 0 Å². The number of carbonyl (C=O) groups excluding carboxylic acids is 2. The number of carboxylic acid groups (broad SMARTS) is 1. The van der Waals surface area contributed by atoms with Crippen molar-refractivity contribution in [2.75, 3.05) is 7.11 Å². The number of rotatable bonds is 5. The Morgan fingerprint density at radius 2 is 2.00 bits per heavy atom. The van der Waals surface area contributed by atoms with Crippen LogP contribution < -0.4 is 5.32 Å². The number of nitrogens with one attached hydrogen (secondary N) is 1. The third-order valence-corrected chi connectivity index (χ3v) is 7.00. The van der Waals surface area contributed by atoms with Crippen LogP contribution in [0, 0.1) is 0 Å². The maximum atomic E-state index is 12.7. The summed E-state index contributed by atoms with van der Waals surface area (Å²) in [6, 6.07) is 2.97. The van der Waals surface area contributed by atoms with E-state index in [0.29, 0.717) is 10.6 Å². The number of carboxylic acids is 1. The second kappa shape index (κ2) is 7.16.